The molecular formula is C20H38N4O2. The molecule has 0 aliphatic carbocycles. The number of carbonyl (C=O) groups excluding carboxylic acids is 1. The van der Waals surface area contributed by atoms with Gasteiger partial charge in [0.15, 0.2) is 0 Å². The molecule has 0 unspecified atom stereocenters. The Labute approximate surface area is 159 Å². The fourth-order valence-corrected chi connectivity index (χ4v) is 4.50. The Bertz CT molecular complexity index is 443. The summed E-state index contributed by atoms with van der Waals surface area (Å²) in [4.78, 5) is 19.4. The van der Waals surface area contributed by atoms with Crippen LogP contribution in [0.25, 0.3) is 0 Å². The monoisotopic (exact) mass is 366 g/mol. The van der Waals surface area contributed by atoms with Crippen LogP contribution in [-0.2, 0) is 4.74 Å². The van der Waals surface area contributed by atoms with E-state index in [2.05, 4.69) is 15.1 Å². The Kier molecular flexibility index (Phi) is 6.81. The molecule has 3 aliphatic heterocycles. The van der Waals surface area contributed by atoms with Crippen LogP contribution in [0.1, 0.15) is 46.5 Å². The van der Waals surface area contributed by atoms with Gasteiger partial charge in [0.05, 0.1) is 0 Å². The first-order chi connectivity index (χ1) is 12.4. The van der Waals surface area contributed by atoms with E-state index in [0.717, 1.165) is 51.0 Å². The molecule has 3 rings (SSSR count). The van der Waals surface area contributed by atoms with E-state index in [4.69, 9.17) is 4.74 Å². The number of piperazine rings is 1. The molecule has 1 N–H and O–H groups in total. The molecular weight excluding hydrogens is 328 g/mol. The number of ether oxygens (including phenoxy) is 1. The van der Waals surface area contributed by atoms with Crippen molar-refractivity contribution in [3.63, 3.8) is 0 Å². The van der Waals surface area contributed by atoms with Crippen LogP contribution in [0.3, 0.4) is 0 Å². The zero-order valence-electron chi connectivity index (χ0n) is 17.0. The predicted molar refractivity (Wildman–Crippen MR) is 104 cm³/mol. The van der Waals surface area contributed by atoms with Crippen LogP contribution in [-0.4, -0.2) is 91.3 Å². The van der Waals surface area contributed by atoms with Crippen molar-refractivity contribution >= 4 is 6.09 Å². The first kappa shape index (κ1) is 19.9. The van der Waals surface area contributed by atoms with E-state index in [1.807, 2.05) is 25.7 Å². The summed E-state index contributed by atoms with van der Waals surface area (Å²) in [6.07, 6.45) is 4.70. The summed E-state index contributed by atoms with van der Waals surface area (Å²) in [5, 5.41) is 3.45. The lowest BCUT2D eigenvalue weighted by Gasteiger charge is -2.42. The number of carbonyl (C=O) groups is 1. The van der Waals surface area contributed by atoms with E-state index < -0.39 is 5.60 Å². The molecule has 0 saturated carbocycles. The third-order valence-corrected chi connectivity index (χ3v) is 6.01. The quantitative estimate of drug-likeness (QED) is 0.828. The second kappa shape index (κ2) is 8.89. The molecule has 3 fully saturated rings. The van der Waals surface area contributed by atoms with Crippen LogP contribution in [0.15, 0.2) is 0 Å². The van der Waals surface area contributed by atoms with Crippen LogP contribution < -0.4 is 5.32 Å². The van der Waals surface area contributed by atoms with Crippen molar-refractivity contribution in [2.45, 2.75) is 58.1 Å². The van der Waals surface area contributed by atoms with E-state index in [9.17, 15) is 4.79 Å². The number of nitrogens with zero attached hydrogens (tertiary/aromatic N) is 3. The minimum absolute atomic E-state index is 0.146. The highest BCUT2D eigenvalue weighted by molar-refractivity contribution is 5.68. The molecule has 0 aromatic heterocycles. The van der Waals surface area contributed by atoms with Crippen molar-refractivity contribution in [3.8, 4) is 0 Å². The molecule has 0 atom stereocenters. The van der Waals surface area contributed by atoms with Gasteiger partial charge >= 0.3 is 6.09 Å². The van der Waals surface area contributed by atoms with Crippen LogP contribution in [0, 0.1) is 5.92 Å². The zero-order valence-corrected chi connectivity index (χ0v) is 17.0. The van der Waals surface area contributed by atoms with Crippen molar-refractivity contribution < 1.29 is 9.53 Å². The largest absolute Gasteiger partial charge is 0.444 e. The van der Waals surface area contributed by atoms with Crippen molar-refractivity contribution in [2.75, 3.05) is 58.9 Å². The van der Waals surface area contributed by atoms with Crippen LogP contribution in [0.2, 0.25) is 0 Å². The molecule has 3 saturated heterocycles. The first-order valence-electron chi connectivity index (χ1n) is 10.6. The molecule has 26 heavy (non-hydrogen) atoms. The zero-order chi connectivity index (χ0) is 18.6. The molecule has 3 aliphatic rings. The van der Waals surface area contributed by atoms with E-state index in [-0.39, 0.29) is 6.09 Å². The second-order valence-corrected chi connectivity index (χ2v) is 9.23. The van der Waals surface area contributed by atoms with Gasteiger partial charge < -0.3 is 19.9 Å². The fourth-order valence-electron chi connectivity index (χ4n) is 4.50. The highest BCUT2D eigenvalue weighted by Gasteiger charge is 2.30. The molecule has 0 aromatic carbocycles. The Balaban J connectivity index is 1.34. The molecule has 6 nitrogen and oxygen atoms in total. The highest BCUT2D eigenvalue weighted by Crippen LogP contribution is 2.23. The average molecular weight is 367 g/mol. The van der Waals surface area contributed by atoms with E-state index in [1.165, 1.54) is 45.6 Å². The van der Waals surface area contributed by atoms with E-state index in [1.54, 1.807) is 0 Å². The Morgan fingerprint density at radius 1 is 0.962 bits per heavy atom. The van der Waals surface area contributed by atoms with Gasteiger partial charge in [-0.25, -0.2) is 4.79 Å². The van der Waals surface area contributed by atoms with Gasteiger partial charge in [-0.1, -0.05) is 0 Å². The number of piperidine rings is 2. The molecule has 6 heteroatoms. The van der Waals surface area contributed by atoms with Gasteiger partial charge in [0.2, 0.25) is 0 Å². The molecule has 150 valence electrons. The number of hydrogen-bond acceptors (Lipinski definition) is 5. The Hall–Kier alpha value is -0.850. The highest BCUT2D eigenvalue weighted by atomic mass is 16.6. The maximum Gasteiger partial charge on any atom is 0.410 e. The lowest BCUT2D eigenvalue weighted by atomic mass is 9.94. The molecule has 3 heterocycles. The van der Waals surface area contributed by atoms with E-state index in [0.29, 0.717) is 0 Å². The molecule has 0 aromatic rings. The van der Waals surface area contributed by atoms with Crippen molar-refractivity contribution in [1.29, 1.82) is 0 Å². The third-order valence-electron chi connectivity index (χ3n) is 6.01. The Morgan fingerprint density at radius 2 is 1.58 bits per heavy atom. The van der Waals surface area contributed by atoms with Crippen LogP contribution >= 0.6 is 0 Å². The maximum atomic E-state index is 12.2. The summed E-state index contributed by atoms with van der Waals surface area (Å²) in [5.74, 6) is 0.726. The van der Waals surface area contributed by atoms with Crippen molar-refractivity contribution in [2.24, 2.45) is 5.92 Å². The standard InChI is InChI=1S/C20H38N4O2/c1-20(2,3)26-19(25)24-12-4-17(5-13-24)16-22-10-6-18(7-11-22)23-14-8-21-9-15-23/h17-18,21H,4-16H2,1-3H3. The lowest BCUT2D eigenvalue weighted by molar-refractivity contribution is 0.0158. The summed E-state index contributed by atoms with van der Waals surface area (Å²) >= 11 is 0. The number of hydrogen-bond donors (Lipinski definition) is 1. The second-order valence-electron chi connectivity index (χ2n) is 9.23. The van der Waals surface area contributed by atoms with Gasteiger partial charge in [0.1, 0.15) is 5.60 Å². The number of likely N-dealkylation sites (tertiary alicyclic amines) is 2. The summed E-state index contributed by atoms with van der Waals surface area (Å²) in [5.41, 5.74) is -0.400. The van der Waals surface area contributed by atoms with Crippen molar-refractivity contribution in [3.05, 3.63) is 0 Å². The van der Waals surface area contributed by atoms with Crippen LogP contribution in [0.5, 0.6) is 0 Å². The predicted octanol–water partition coefficient (Wildman–Crippen LogP) is 2.00. The minimum Gasteiger partial charge on any atom is -0.444 e. The minimum atomic E-state index is -0.400. The van der Waals surface area contributed by atoms with Gasteiger partial charge in [-0.3, -0.25) is 4.90 Å². The van der Waals surface area contributed by atoms with Crippen molar-refractivity contribution in [1.82, 2.24) is 20.0 Å². The van der Waals surface area contributed by atoms with Gasteiger partial charge in [0, 0.05) is 51.9 Å². The van der Waals surface area contributed by atoms with E-state index >= 15 is 0 Å². The summed E-state index contributed by atoms with van der Waals surface area (Å²) in [6.45, 7) is 15.9. The smallest absolute Gasteiger partial charge is 0.410 e. The molecule has 0 radical (unpaired) electrons. The van der Waals surface area contributed by atoms with Gasteiger partial charge in [0.25, 0.3) is 0 Å². The number of nitrogens with one attached hydrogen (secondary N) is 1. The molecule has 0 spiro atoms. The third kappa shape index (κ3) is 5.83. The summed E-state index contributed by atoms with van der Waals surface area (Å²) in [6, 6.07) is 0.794. The number of amides is 1. The Morgan fingerprint density at radius 3 is 2.15 bits per heavy atom. The SMILES string of the molecule is CC(C)(C)OC(=O)N1CCC(CN2CCC(N3CCNCC3)CC2)CC1. The topological polar surface area (TPSA) is 48.1 Å². The van der Waals surface area contributed by atoms with Gasteiger partial charge in [-0.15, -0.1) is 0 Å². The lowest BCUT2D eigenvalue weighted by Crippen LogP contribution is -2.52. The summed E-state index contributed by atoms with van der Waals surface area (Å²) in [7, 11) is 0. The average Bonchev–Trinajstić information content (AvgIpc) is 2.62. The van der Waals surface area contributed by atoms with Crippen LogP contribution in [0.4, 0.5) is 4.79 Å². The fraction of sp³-hybridized carbons (Fsp3) is 0.950. The van der Waals surface area contributed by atoms with Gasteiger partial charge in [-0.05, 0) is 65.5 Å². The molecule has 1 amide bonds. The first-order valence-corrected chi connectivity index (χ1v) is 10.6. The maximum absolute atomic E-state index is 12.2. The van der Waals surface area contributed by atoms with Gasteiger partial charge in [-0.2, -0.15) is 0 Å². The summed E-state index contributed by atoms with van der Waals surface area (Å²) < 4.78 is 5.50. The molecule has 0 bridgehead atoms. The number of rotatable bonds is 3. The normalized spacial score (nSPS) is 25.4.